The first-order valence-electron chi connectivity index (χ1n) is 7.53. The monoisotopic (exact) mass is 295 g/mol. The van der Waals surface area contributed by atoms with Gasteiger partial charge in [0.05, 0.1) is 0 Å². The van der Waals surface area contributed by atoms with Crippen LogP contribution in [-0.4, -0.2) is 30.9 Å². The molecule has 0 bridgehead atoms. The Bertz CT molecular complexity index is 466. The van der Waals surface area contributed by atoms with E-state index in [1.165, 1.54) is 24.8 Å². The van der Waals surface area contributed by atoms with Crippen LogP contribution in [0.3, 0.4) is 0 Å². The molecule has 1 fully saturated rings. The van der Waals surface area contributed by atoms with Crippen molar-refractivity contribution in [1.29, 1.82) is 0 Å². The third-order valence-electron chi connectivity index (χ3n) is 4.59. The Morgan fingerprint density at radius 1 is 1.25 bits per heavy atom. The summed E-state index contributed by atoms with van der Waals surface area (Å²) < 4.78 is 5.91. The molecule has 1 aliphatic heterocycles. The van der Waals surface area contributed by atoms with Crippen LogP contribution in [0.25, 0.3) is 0 Å². The van der Waals surface area contributed by atoms with E-state index >= 15 is 0 Å². The van der Waals surface area contributed by atoms with Crippen molar-refractivity contribution >= 4 is 11.6 Å². The molecule has 2 aliphatic rings. The Morgan fingerprint density at radius 2 is 2.10 bits per heavy atom. The van der Waals surface area contributed by atoms with Gasteiger partial charge in [0.25, 0.3) is 0 Å². The maximum atomic E-state index is 9.33. The van der Waals surface area contributed by atoms with Gasteiger partial charge in [-0.15, -0.1) is 0 Å². The second-order valence-electron chi connectivity index (χ2n) is 5.99. The van der Waals surface area contributed by atoms with E-state index in [0.29, 0.717) is 18.4 Å². The molecule has 1 aromatic rings. The zero-order valence-corrected chi connectivity index (χ0v) is 12.4. The number of rotatable bonds is 5. The summed E-state index contributed by atoms with van der Waals surface area (Å²) in [5, 5.41) is 13.6. The highest BCUT2D eigenvalue weighted by Crippen LogP contribution is 2.32. The summed E-state index contributed by atoms with van der Waals surface area (Å²) in [4.78, 5) is 0. The predicted octanol–water partition coefficient (Wildman–Crippen LogP) is 2.64. The van der Waals surface area contributed by atoms with Crippen LogP contribution in [0.1, 0.15) is 24.8 Å². The summed E-state index contributed by atoms with van der Waals surface area (Å²) in [7, 11) is 0. The molecule has 4 heteroatoms. The highest BCUT2D eigenvalue weighted by molar-refractivity contribution is 6.30. The van der Waals surface area contributed by atoms with Gasteiger partial charge in [-0.3, -0.25) is 0 Å². The molecule has 0 spiro atoms. The van der Waals surface area contributed by atoms with E-state index in [2.05, 4.69) is 5.32 Å². The van der Waals surface area contributed by atoms with Crippen LogP contribution in [0.15, 0.2) is 18.2 Å². The molecule has 1 heterocycles. The summed E-state index contributed by atoms with van der Waals surface area (Å²) in [5.74, 6) is 2.08. The summed E-state index contributed by atoms with van der Waals surface area (Å²) in [6.07, 6.45) is 4.79. The van der Waals surface area contributed by atoms with Gasteiger partial charge in [-0.25, -0.2) is 0 Å². The first-order chi connectivity index (χ1) is 9.76. The van der Waals surface area contributed by atoms with Crippen LogP contribution in [0, 0.1) is 11.8 Å². The third-order valence-corrected chi connectivity index (χ3v) is 4.83. The molecule has 3 unspecified atom stereocenters. The first kappa shape index (κ1) is 14.2. The second kappa shape index (κ2) is 6.33. The van der Waals surface area contributed by atoms with E-state index in [9.17, 15) is 5.11 Å². The maximum Gasteiger partial charge on any atom is 0.123 e. The lowest BCUT2D eigenvalue weighted by Gasteiger charge is -2.19. The van der Waals surface area contributed by atoms with Gasteiger partial charge in [-0.1, -0.05) is 18.0 Å². The summed E-state index contributed by atoms with van der Waals surface area (Å²) in [6, 6.07) is 5.83. The lowest BCUT2D eigenvalue weighted by Crippen LogP contribution is -2.34. The average Bonchev–Trinajstić information content (AvgIpc) is 3.04. The van der Waals surface area contributed by atoms with Crippen LogP contribution in [0.4, 0.5) is 0 Å². The van der Waals surface area contributed by atoms with Gasteiger partial charge in [0.1, 0.15) is 11.9 Å². The average molecular weight is 296 g/mol. The van der Waals surface area contributed by atoms with Crippen molar-refractivity contribution in [3.05, 3.63) is 28.8 Å². The van der Waals surface area contributed by atoms with Gasteiger partial charge < -0.3 is 15.2 Å². The van der Waals surface area contributed by atoms with Crippen molar-refractivity contribution in [2.75, 3.05) is 19.7 Å². The fourth-order valence-corrected chi connectivity index (χ4v) is 3.65. The number of hydrogen-bond donors (Lipinski definition) is 2. The lowest BCUT2D eigenvalue weighted by molar-refractivity contribution is 0.185. The van der Waals surface area contributed by atoms with Crippen LogP contribution in [0.2, 0.25) is 5.02 Å². The largest absolute Gasteiger partial charge is 0.488 e. The predicted molar refractivity (Wildman–Crippen MR) is 80.4 cm³/mol. The Labute approximate surface area is 125 Å². The molecule has 110 valence electrons. The zero-order chi connectivity index (χ0) is 13.9. The Morgan fingerprint density at radius 3 is 2.95 bits per heavy atom. The number of aliphatic hydroxyl groups is 1. The number of halogens is 1. The number of ether oxygens (including phenoxy) is 1. The van der Waals surface area contributed by atoms with E-state index in [4.69, 9.17) is 16.3 Å². The quantitative estimate of drug-likeness (QED) is 0.877. The molecule has 0 radical (unpaired) electrons. The fourth-order valence-electron chi connectivity index (χ4n) is 3.46. The van der Waals surface area contributed by atoms with Crippen molar-refractivity contribution < 1.29 is 9.84 Å². The molecule has 3 atom stereocenters. The Hall–Kier alpha value is -0.770. The molecular formula is C16H22ClNO2. The molecular weight excluding hydrogens is 274 g/mol. The van der Waals surface area contributed by atoms with Crippen LogP contribution >= 0.6 is 11.6 Å². The van der Waals surface area contributed by atoms with E-state index in [1.807, 2.05) is 18.2 Å². The molecule has 1 aromatic carbocycles. The van der Waals surface area contributed by atoms with Gasteiger partial charge in [0, 0.05) is 24.6 Å². The summed E-state index contributed by atoms with van der Waals surface area (Å²) in [5.41, 5.74) is 1.21. The normalized spacial score (nSPS) is 28.4. The minimum absolute atomic E-state index is 0.206. The number of hydrogen-bond acceptors (Lipinski definition) is 3. The number of benzene rings is 1. The van der Waals surface area contributed by atoms with Gasteiger partial charge in [-0.05, 0) is 55.0 Å². The molecule has 20 heavy (non-hydrogen) atoms. The highest BCUT2D eigenvalue weighted by atomic mass is 35.5. The molecule has 0 saturated heterocycles. The van der Waals surface area contributed by atoms with Crippen LogP contribution < -0.4 is 10.1 Å². The van der Waals surface area contributed by atoms with Crippen molar-refractivity contribution in [3.63, 3.8) is 0 Å². The molecule has 0 aromatic heterocycles. The van der Waals surface area contributed by atoms with Crippen LogP contribution in [-0.2, 0) is 6.42 Å². The van der Waals surface area contributed by atoms with Gasteiger partial charge in [-0.2, -0.15) is 0 Å². The smallest absolute Gasteiger partial charge is 0.123 e. The molecule has 2 N–H and O–H groups in total. The highest BCUT2D eigenvalue weighted by Gasteiger charge is 2.27. The first-order valence-corrected chi connectivity index (χ1v) is 7.90. The molecule has 3 rings (SSSR count). The Kier molecular flexibility index (Phi) is 4.49. The zero-order valence-electron chi connectivity index (χ0n) is 11.6. The molecule has 1 saturated carbocycles. The topological polar surface area (TPSA) is 41.5 Å². The minimum Gasteiger partial charge on any atom is -0.488 e. The van der Waals surface area contributed by atoms with Crippen molar-refractivity contribution in [2.45, 2.75) is 31.8 Å². The van der Waals surface area contributed by atoms with Gasteiger partial charge in [0.2, 0.25) is 0 Å². The minimum atomic E-state index is 0.206. The maximum absolute atomic E-state index is 9.33. The van der Waals surface area contributed by atoms with Crippen molar-refractivity contribution in [2.24, 2.45) is 11.8 Å². The Balaban J connectivity index is 1.45. The lowest BCUT2D eigenvalue weighted by atomic mass is 9.97. The van der Waals surface area contributed by atoms with E-state index < -0.39 is 0 Å². The second-order valence-corrected chi connectivity index (χ2v) is 6.42. The fraction of sp³-hybridized carbons (Fsp3) is 0.625. The number of aliphatic hydroxyl groups excluding tert-OH is 1. The van der Waals surface area contributed by atoms with Gasteiger partial charge >= 0.3 is 0 Å². The summed E-state index contributed by atoms with van der Waals surface area (Å²) >= 11 is 6.00. The summed E-state index contributed by atoms with van der Waals surface area (Å²) in [6.45, 7) is 2.18. The molecule has 0 amide bonds. The number of nitrogens with one attached hydrogen (secondary N) is 1. The number of fused-ring (bicyclic) bond motifs is 1. The van der Waals surface area contributed by atoms with E-state index in [-0.39, 0.29) is 6.10 Å². The van der Waals surface area contributed by atoms with Gasteiger partial charge in [0.15, 0.2) is 0 Å². The standard InChI is InChI=1S/C16H22ClNO2/c17-14-4-5-16-13(6-14)7-15(20-16)9-18-8-11-2-1-3-12(11)10-19/h4-6,11-12,15,18-19H,1-3,7-10H2. The van der Waals surface area contributed by atoms with Crippen LogP contribution in [0.5, 0.6) is 5.75 Å². The SMILES string of the molecule is OCC1CCCC1CNCC1Cc2cc(Cl)ccc2O1. The molecule has 3 nitrogen and oxygen atoms in total. The third kappa shape index (κ3) is 3.11. The van der Waals surface area contributed by atoms with Crippen molar-refractivity contribution in [3.8, 4) is 5.75 Å². The van der Waals surface area contributed by atoms with Crippen molar-refractivity contribution in [1.82, 2.24) is 5.32 Å². The van der Waals surface area contributed by atoms with E-state index in [0.717, 1.165) is 30.3 Å². The van der Waals surface area contributed by atoms with E-state index in [1.54, 1.807) is 0 Å². The molecule has 1 aliphatic carbocycles.